The van der Waals surface area contributed by atoms with Crippen molar-refractivity contribution in [3.05, 3.63) is 0 Å². The number of likely N-dealkylation sites (tertiary alicyclic amines) is 1. The zero-order chi connectivity index (χ0) is 9.68. The van der Waals surface area contributed by atoms with E-state index in [4.69, 9.17) is 5.73 Å². The number of carbonyl (C=O) groups is 1. The Bertz CT molecular complexity index is 176. The molecule has 0 aromatic heterocycles. The average Bonchev–Trinajstić information content (AvgIpc) is 2.15. The Hall–Kier alpha value is -0.280. The maximum Gasteiger partial charge on any atom is 0.234 e. The summed E-state index contributed by atoms with van der Waals surface area (Å²) in [5, 5.41) is 0. The van der Waals surface area contributed by atoms with Crippen LogP contribution in [0.4, 0.5) is 0 Å². The van der Waals surface area contributed by atoms with Crippen LogP contribution in [0.5, 0.6) is 0 Å². The van der Waals surface area contributed by atoms with E-state index in [1.807, 2.05) is 0 Å². The molecule has 1 fully saturated rings. The Balaban J connectivity index is 0.00000169. The van der Waals surface area contributed by atoms with Gasteiger partial charge in [0.25, 0.3) is 0 Å². The summed E-state index contributed by atoms with van der Waals surface area (Å²) in [5.74, 6) is -0.143. The van der Waals surface area contributed by atoms with Gasteiger partial charge >= 0.3 is 0 Å². The second kappa shape index (κ2) is 7.07. The maximum atomic E-state index is 11.1. The van der Waals surface area contributed by atoms with Crippen molar-refractivity contribution in [2.24, 2.45) is 5.73 Å². The number of carbonyl (C=O) groups excluding carboxylic acids is 1. The molecule has 0 bridgehead atoms. The van der Waals surface area contributed by atoms with E-state index < -0.39 is 0 Å². The van der Waals surface area contributed by atoms with Crippen LogP contribution in [0, 0.1) is 0 Å². The lowest BCUT2D eigenvalue weighted by Crippen LogP contribution is -2.47. The Kier molecular flexibility index (Phi) is 6.93. The number of unbranched alkanes of at least 4 members (excludes halogenated alkanes) is 1. The topological polar surface area (TPSA) is 46.3 Å². The largest absolute Gasteiger partial charge is 0.368 e. The third-order valence-electron chi connectivity index (χ3n) is 2.74. The highest BCUT2D eigenvalue weighted by Crippen LogP contribution is 2.16. The van der Waals surface area contributed by atoms with Crippen LogP contribution in [0.25, 0.3) is 0 Å². The molecule has 14 heavy (non-hydrogen) atoms. The molecule has 1 aliphatic rings. The lowest BCUT2D eigenvalue weighted by molar-refractivity contribution is -0.124. The Morgan fingerprint density at radius 3 is 2.79 bits per heavy atom. The van der Waals surface area contributed by atoms with Gasteiger partial charge in [0.05, 0.1) is 6.04 Å². The Labute approximate surface area is 92.4 Å². The van der Waals surface area contributed by atoms with Gasteiger partial charge in [-0.25, -0.2) is 0 Å². The third-order valence-corrected chi connectivity index (χ3v) is 2.74. The first-order valence-electron chi connectivity index (χ1n) is 5.29. The molecular formula is C10H21ClN2O. The van der Waals surface area contributed by atoms with E-state index in [0.717, 1.165) is 25.9 Å². The zero-order valence-corrected chi connectivity index (χ0v) is 9.68. The molecule has 0 aromatic rings. The van der Waals surface area contributed by atoms with Crippen molar-refractivity contribution in [3.63, 3.8) is 0 Å². The molecule has 1 atom stereocenters. The highest BCUT2D eigenvalue weighted by Gasteiger charge is 2.25. The van der Waals surface area contributed by atoms with Crippen molar-refractivity contribution in [1.29, 1.82) is 0 Å². The third kappa shape index (κ3) is 3.84. The number of rotatable bonds is 4. The second-order valence-electron chi connectivity index (χ2n) is 3.80. The fourth-order valence-electron chi connectivity index (χ4n) is 1.94. The summed E-state index contributed by atoms with van der Waals surface area (Å²) in [7, 11) is 0. The average molecular weight is 221 g/mol. The fraction of sp³-hybridized carbons (Fsp3) is 0.900. The van der Waals surface area contributed by atoms with Gasteiger partial charge in [-0.05, 0) is 32.4 Å². The van der Waals surface area contributed by atoms with Crippen LogP contribution in [-0.4, -0.2) is 29.9 Å². The first kappa shape index (κ1) is 13.7. The maximum absolute atomic E-state index is 11.1. The van der Waals surface area contributed by atoms with Crippen molar-refractivity contribution in [2.75, 3.05) is 13.1 Å². The van der Waals surface area contributed by atoms with Gasteiger partial charge in [-0.3, -0.25) is 9.69 Å². The summed E-state index contributed by atoms with van der Waals surface area (Å²) in [6.07, 6.45) is 5.68. The number of hydrogen-bond donors (Lipinski definition) is 1. The van der Waals surface area contributed by atoms with Gasteiger partial charge in [0.15, 0.2) is 0 Å². The number of hydrogen-bond acceptors (Lipinski definition) is 2. The van der Waals surface area contributed by atoms with Gasteiger partial charge in [-0.2, -0.15) is 0 Å². The van der Waals surface area contributed by atoms with Crippen LogP contribution in [0.15, 0.2) is 0 Å². The molecule has 1 rings (SSSR count). The van der Waals surface area contributed by atoms with Gasteiger partial charge < -0.3 is 5.73 Å². The second-order valence-corrected chi connectivity index (χ2v) is 3.80. The smallest absolute Gasteiger partial charge is 0.234 e. The van der Waals surface area contributed by atoms with Crippen molar-refractivity contribution < 1.29 is 4.79 Å². The highest BCUT2D eigenvalue weighted by atomic mass is 35.5. The molecule has 0 radical (unpaired) electrons. The molecule has 1 aliphatic heterocycles. The van der Waals surface area contributed by atoms with Crippen LogP contribution in [0.3, 0.4) is 0 Å². The highest BCUT2D eigenvalue weighted by molar-refractivity contribution is 5.85. The SMILES string of the molecule is CCCCN1CCCCC1C(N)=O.Cl. The van der Waals surface area contributed by atoms with E-state index in [9.17, 15) is 4.79 Å². The van der Waals surface area contributed by atoms with Crippen molar-refractivity contribution >= 4 is 18.3 Å². The van der Waals surface area contributed by atoms with E-state index >= 15 is 0 Å². The summed E-state index contributed by atoms with van der Waals surface area (Å²) < 4.78 is 0. The molecule has 0 aliphatic carbocycles. The Morgan fingerprint density at radius 2 is 2.21 bits per heavy atom. The number of nitrogens with two attached hydrogens (primary N) is 1. The summed E-state index contributed by atoms with van der Waals surface area (Å²) in [4.78, 5) is 13.4. The number of nitrogens with zero attached hydrogens (tertiary/aromatic N) is 1. The van der Waals surface area contributed by atoms with Crippen molar-refractivity contribution in [2.45, 2.75) is 45.1 Å². The lowest BCUT2D eigenvalue weighted by atomic mass is 10.0. The molecule has 0 saturated carbocycles. The minimum absolute atomic E-state index is 0. The van der Waals surface area contributed by atoms with Gasteiger partial charge in [-0.1, -0.05) is 19.8 Å². The summed E-state index contributed by atoms with van der Waals surface area (Å²) in [6, 6.07) is 0.0142. The molecule has 1 unspecified atom stereocenters. The quantitative estimate of drug-likeness (QED) is 0.782. The van der Waals surface area contributed by atoms with E-state index in [0.29, 0.717) is 0 Å². The number of amides is 1. The zero-order valence-electron chi connectivity index (χ0n) is 8.87. The molecule has 0 spiro atoms. The van der Waals surface area contributed by atoms with E-state index in [1.165, 1.54) is 19.3 Å². The van der Waals surface area contributed by atoms with Crippen LogP contribution >= 0.6 is 12.4 Å². The standard InChI is InChI=1S/C10H20N2O.ClH/c1-2-3-7-12-8-5-4-6-9(12)10(11)13;/h9H,2-8H2,1H3,(H2,11,13);1H. The first-order valence-corrected chi connectivity index (χ1v) is 5.29. The summed E-state index contributed by atoms with van der Waals surface area (Å²) >= 11 is 0. The lowest BCUT2D eigenvalue weighted by Gasteiger charge is -2.33. The molecule has 4 heteroatoms. The summed E-state index contributed by atoms with van der Waals surface area (Å²) in [5.41, 5.74) is 5.35. The van der Waals surface area contributed by atoms with Crippen molar-refractivity contribution in [3.8, 4) is 0 Å². The van der Waals surface area contributed by atoms with Gasteiger partial charge in [0.1, 0.15) is 0 Å². The van der Waals surface area contributed by atoms with Crippen LogP contribution in [0.2, 0.25) is 0 Å². The molecule has 1 saturated heterocycles. The molecule has 0 aromatic carbocycles. The fourth-order valence-corrected chi connectivity index (χ4v) is 1.94. The summed E-state index contributed by atoms with van der Waals surface area (Å²) in [6.45, 7) is 4.25. The van der Waals surface area contributed by atoms with Gasteiger partial charge in [0, 0.05) is 0 Å². The number of piperidine rings is 1. The number of halogens is 1. The molecular weight excluding hydrogens is 200 g/mol. The van der Waals surface area contributed by atoms with Crippen molar-refractivity contribution in [1.82, 2.24) is 4.90 Å². The predicted molar refractivity (Wildman–Crippen MR) is 60.6 cm³/mol. The molecule has 1 heterocycles. The van der Waals surface area contributed by atoms with E-state index in [-0.39, 0.29) is 24.4 Å². The van der Waals surface area contributed by atoms with Crippen LogP contribution in [0.1, 0.15) is 39.0 Å². The Morgan fingerprint density at radius 1 is 1.50 bits per heavy atom. The predicted octanol–water partition coefficient (Wildman–Crippen LogP) is 1.55. The minimum Gasteiger partial charge on any atom is -0.368 e. The van der Waals surface area contributed by atoms with Gasteiger partial charge in [0.2, 0.25) is 5.91 Å². The molecule has 2 N–H and O–H groups in total. The van der Waals surface area contributed by atoms with Crippen LogP contribution in [-0.2, 0) is 4.79 Å². The molecule has 84 valence electrons. The van der Waals surface area contributed by atoms with E-state index in [2.05, 4.69) is 11.8 Å². The van der Waals surface area contributed by atoms with E-state index in [1.54, 1.807) is 0 Å². The number of primary amides is 1. The minimum atomic E-state index is -0.143. The van der Waals surface area contributed by atoms with Crippen LogP contribution < -0.4 is 5.73 Å². The van der Waals surface area contributed by atoms with Gasteiger partial charge in [-0.15, -0.1) is 12.4 Å². The molecule has 3 nitrogen and oxygen atoms in total. The first-order chi connectivity index (χ1) is 6.25. The molecule has 1 amide bonds. The monoisotopic (exact) mass is 220 g/mol. The normalized spacial score (nSPS) is 22.8.